The van der Waals surface area contributed by atoms with E-state index in [2.05, 4.69) is 10.6 Å². The highest BCUT2D eigenvalue weighted by Gasteiger charge is 2.36. The fraction of sp³-hybridized carbons (Fsp3) is 0.833. The van der Waals surface area contributed by atoms with E-state index in [4.69, 9.17) is 5.11 Å². The van der Waals surface area contributed by atoms with Crippen LogP contribution in [0, 0.1) is 0 Å². The van der Waals surface area contributed by atoms with Crippen LogP contribution in [0.15, 0.2) is 0 Å². The van der Waals surface area contributed by atoms with Gasteiger partial charge in [-0.25, -0.2) is 18.0 Å². The van der Waals surface area contributed by atoms with E-state index in [0.717, 1.165) is 25.5 Å². The largest absolute Gasteiger partial charge is 0.480 e. The lowest BCUT2D eigenvalue weighted by molar-refractivity contribution is -0.139. The van der Waals surface area contributed by atoms with Crippen LogP contribution in [0.5, 0.6) is 0 Å². The third-order valence-corrected chi connectivity index (χ3v) is 6.05. The minimum atomic E-state index is -3.26. The SMILES string of the molecule is CSC1(CNC(=O)NC(CCS(C)(=O)=O)C(=O)O)CCC1. The monoisotopic (exact) mass is 338 g/mol. The van der Waals surface area contributed by atoms with Crippen molar-refractivity contribution >= 4 is 33.6 Å². The fourth-order valence-electron chi connectivity index (χ4n) is 2.06. The molecule has 0 aromatic rings. The molecule has 0 aliphatic heterocycles. The maximum atomic E-state index is 11.7. The zero-order valence-electron chi connectivity index (χ0n) is 12.2. The first kappa shape index (κ1) is 18.1. The van der Waals surface area contributed by atoms with Gasteiger partial charge >= 0.3 is 12.0 Å². The third kappa shape index (κ3) is 6.13. The van der Waals surface area contributed by atoms with E-state index in [0.29, 0.717) is 6.54 Å². The Labute approximate surface area is 129 Å². The third-order valence-electron chi connectivity index (χ3n) is 3.65. The number of rotatable bonds is 8. The molecule has 21 heavy (non-hydrogen) atoms. The van der Waals surface area contributed by atoms with Crippen molar-refractivity contribution in [3.05, 3.63) is 0 Å². The van der Waals surface area contributed by atoms with Crippen molar-refractivity contribution in [2.45, 2.75) is 36.5 Å². The van der Waals surface area contributed by atoms with Gasteiger partial charge in [-0.15, -0.1) is 0 Å². The lowest BCUT2D eigenvalue weighted by Gasteiger charge is -2.40. The zero-order chi connectivity index (χ0) is 16.1. The Balaban J connectivity index is 2.43. The molecule has 0 aromatic heterocycles. The standard InChI is InChI=1S/C12H22N2O5S2/c1-20-12(5-3-6-12)8-13-11(17)14-9(10(15)16)4-7-21(2,18)19/h9H,3-8H2,1-2H3,(H,15,16)(H2,13,14,17). The molecular formula is C12H22N2O5S2. The second-order valence-corrected chi connectivity index (χ2v) is 8.91. The van der Waals surface area contributed by atoms with Crippen molar-refractivity contribution in [1.29, 1.82) is 0 Å². The number of carboxylic acids is 1. The lowest BCUT2D eigenvalue weighted by Crippen LogP contribution is -2.51. The molecule has 1 aliphatic carbocycles. The van der Waals surface area contributed by atoms with Gasteiger partial charge in [0.05, 0.1) is 5.75 Å². The molecule has 1 fully saturated rings. The molecule has 0 spiro atoms. The van der Waals surface area contributed by atoms with Gasteiger partial charge in [-0.2, -0.15) is 11.8 Å². The predicted molar refractivity (Wildman–Crippen MR) is 82.4 cm³/mol. The van der Waals surface area contributed by atoms with Crippen molar-refractivity contribution in [3.63, 3.8) is 0 Å². The maximum Gasteiger partial charge on any atom is 0.326 e. The van der Waals surface area contributed by atoms with Crippen LogP contribution in [-0.4, -0.2) is 61.1 Å². The molecule has 0 saturated heterocycles. The van der Waals surface area contributed by atoms with Crippen molar-refractivity contribution in [2.24, 2.45) is 0 Å². The molecule has 1 saturated carbocycles. The van der Waals surface area contributed by atoms with Crippen LogP contribution >= 0.6 is 11.8 Å². The Bertz CT molecular complexity index is 482. The van der Waals surface area contributed by atoms with Crippen molar-refractivity contribution in [1.82, 2.24) is 10.6 Å². The number of aliphatic carboxylic acids is 1. The van der Waals surface area contributed by atoms with Gasteiger partial charge in [-0.1, -0.05) is 6.42 Å². The van der Waals surface area contributed by atoms with Crippen LogP contribution in [0.3, 0.4) is 0 Å². The van der Waals surface area contributed by atoms with Crippen LogP contribution in [0.2, 0.25) is 0 Å². The highest BCUT2D eigenvalue weighted by Crippen LogP contribution is 2.42. The average molecular weight is 338 g/mol. The summed E-state index contributed by atoms with van der Waals surface area (Å²) in [6.45, 7) is 0.485. The molecular weight excluding hydrogens is 316 g/mol. The molecule has 2 amide bonds. The Morgan fingerprint density at radius 2 is 2.00 bits per heavy atom. The summed E-state index contributed by atoms with van der Waals surface area (Å²) in [5.41, 5.74) is 0. The second-order valence-electron chi connectivity index (χ2n) is 5.38. The summed E-state index contributed by atoms with van der Waals surface area (Å²) in [5, 5.41) is 14.0. The highest BCUT2D eigenvalue weighted by molar-refractivity contribution is 8.00. The number of hydrogen-bond acceptors (Lipinski definition) is 5. The smallest absolute Gasteiger partial charge is 0.326 e. The summed E-state index contributed by atoms with van der Waals surface area (Å²) in [6.07, 6.45) is 6.08. The van der Waals surface area contributed by atoms with E-state index < -0.39 is 27.9 Å². The summed E-state index contributed by atoms with van der Waals surface area (Å²) >= 11 is 1.70. The topological polar surface area (TPSA) is 113 Å². The lowest BCUT2D eigenvalue weighted by atomic mass is 9.84. The molecule has 0 heterocycles. The van der Waals surface area contributed by atoms with E-state index in [1.54, 1.807) is 11.8 Å². The van der Waals surface area contributed by atoms with Gasteiger partial charge in [-0.3, -0.25) is 0 Å². The molecule has 7 nitrogen and oxygen atoms in total. The Morgan fingerprint density at radius 3 is 2.38 bits per heavy atom. The Kier molecular flexibility index (Phi) is 6.33. The zero-order valence-corrected chi connectivity index (χ0v) is 13.8. The van der Waals surface area contributed by atoms with Crippen LogP contribution < -0.4 is 10.6 Å². The number of amides is 2. The van der Waals surface area contributed by atoms with Crippen LogP contribution in [-0.2, 0) is 14.6 Å². The van der Waals surface area contributed by atoms with Gasteiger partial charge in [0.25, 0.3) is 0 Å². The molecule has 3 N–H and O–H groups in total. The van der Waals surface area contributed by atoms with E-state index in [1.165, 1.54) is 0 Å². The number of carboxylic acid groups (broad SMARTS) is 1. The second kappa shape index (κ2) is 7.35. The van der Waals surface area contributed by atoms with E-state index in [1.807, 2.05) is 6.26 Å². The van der Waals surface area contributed by atoms with Crippen LogP contribution in [0.25, 0.3) is 0 Å². The van der Waals surface area contributed by atoms with Gasteiger partial charge in [0.15, 0.2) is 0 Å². The first-order chi connectivity index (χ1) is 9.67. The summed E-state index contributed by atoms with van der Waals surface area (Å²) in [6, 6.07) is -1.78. The molecule has 122 valence electrons. The molecule has 0 bridgehead atoms. The van der Waals surface area contributed by atoms with E-state index in [9.17, 15) is 18.0 Å². The molecule has 1 rings (SSSR count). The number of hydrogen-bond donors (Lipinski definition) is 3. The van der Waals surface area contributed by atoms with E-state index in [-0.39, 0.29) is 16.9 Å². The summed E-state index contributed by atoms with van der Waals surface area (Å²) in [7, 11) is -3.26. The van der Waals surface area contributed by atoms with Gasteiger partial charge in [-0.05, 0) is 25.5 Å². The van der Waals surface area contributed by atoms with Gasteiger partial charge in [0, 0.05) is 17.5 Å². The first-order valence-corrected chi connectivity index (χ1v) is 9.96. The summed E-state index contributed by atoms with van der Waals surface area (Å²) < 4.78 is 22.2. The summed E-state index contributed by atoms with van der Waals surface area (Å²) in [4.78, 5) is 22.8. The van der Waals surface area contributed by atoms with Crippen LogP contribution in [0.1, 0.15) is 25.7 Å². The maximum absolute atomic E-state index is 11.7. The number of carbonyl (C=O) groups is 2. The molecule has 1 aliphatic rings. The van der Waals surface area contributed by atoms with Crippen LogP contribution in [0.4, 0.5) is 4.79 Å². The molecule has 0 radical (unpaired) electrons. The predicted octanol–water partition coefficient (Wildman–Crippen LogP) is 0.459. The first-order valence-electron chi connectivity index (χ1n) is 6.67. The number of thioether (sulfide) groups is 1. The average Bonchev–Trinajstić information content (AvgIpc) is 2.32. The molecule has 0 aromatic carbocycles. The molecule has 1 unspecified atom stereocenters. The van der Waals surface area contributed by atoms with Gasteiger partial charge < -0.3 is 15.7 Å². The normalized spacial score (nSPS) is 18.4. The molecule has 9 heteroatoms. The Hall–Kier alpha value is -0.960. The number of carbonyl (C=O) groups excluding carboxylic acids is 1. The minimum Gasteiger partial charge on any atom is -0.480 e. The number of sulfone groups is 1. The fourth-order valence-corrected chi connectivity index (χ4v) is 3.64. The van der Waals surface area contributed by atoms with Gasteiger partial charge in [0.1, 0.15) is 15.9 Å². The van der Waals surface area contributed by atoms with Gasteiger partial charge in [0.2, 0.25) is 0 Å². The Morgan fingerprint density at radius 1 is 1.38 bits per heavy atom. The molecule has 1 atom stereocenters. The summed E-state index contributed by atoms with van der Waals surface area (Å²) in [5.74, 6) is -1.52. The van der Waals surface area contributed by atoms with Crippen molar-refractivity contribution in [2.75, 3.05) is 24.8 Å². The number of urea groups is 1. The van der Waals surface area contributed by atoms with E-state index >= 15 is 0 Å². The highest BCUT2D eigenvalue weighted by atomic mass is 32.2. The minimum absolute atomic E-state index is 0.0584. The number of nitrogens with one attached hydrogen (secondary N) is 2. The van der Waals surface area contributed by atoms with Crippen molar-refractivity contribution in [3.8, 4) is 0 Å². The quantitative estimate of drug-likeness (QED) is 0.593. The van der Waals surface area contributed by atoms with Crippen molar-refractivity contribution < 1.29 is 23.1 Å².